The molecule has 5 N–H and O–H groups in total. The normalized spacial score (nSPS) is 10.2. The van der Waals surface area contributed by atoms with Crippen LogP contribution in [0.5, 0.6) is 0 Å². The van der Waals surface area contributed by atoms with Crippen LogP contribution in [-0.2, 0) is 0 Å². The first-order valence-electron chi connectivity index (χ1n) is 2.41. The van der Waals surface area contributed by atoms with Gasteiger partial charge in [-0.1, -0.05) is 0 Å². The number of nitro groups is 1. The number of hydrazine groups is 3. The zero-order chi connectivity index (χ0) is 9.72. The molecule has 0 aliphatic heterocycles. The monoisotopic (exact) mass is 175 g/mol. The molecule has 0 aliphatic carbocycles. The molecule has 0 spiro atoms. The van der Waals surface area contributed by atoms with Gasteiger partial charge in [0.25, 0.3) is 0 Å². The highest BCUT2D eigenvalue weighted by Gasteiger charge is 2.20. The predicted octanol–water partition coefficient (Wildman–Crippen LogP) is -2.24. The summed E-state index contributed by atoms with van der Waals surface area (Å²) >= 11 is 0. The molecular weight excluding hydrogens is 170 g/mol. The fourth-order valence-electron chi connectivity index (χ4n) is 0.273. The van der Waals surface area contributed by atoms with Gasteiger partial charge in [0.05, 0.1) is 0 Å². The third kappa shape index (κ3) is 2.25. The maximum Gasteiger partial charge on any atom is 0.248 e. The van der Waals surface area contributed by atoms with E-state index in [1.165, 1.54) is 6.19 Å². The number of hydrogen-bond donors (Lipinski definition) is 3. The van der Waals surface area contributed by atoms with Gasteiger partial charge >= 0.3 is 0 Å². The Morgan fingerprint density at radius 3 is 2.67 bits per heavy atom. The summed E-state index contributed by atoms with van der Waals surface area (Å²) < 4.78 is 0. The Hall–Kier alpha value is -2.12. The second-order valence-corrected chi connectivity index (χ2v) is 1.42. The largest absolute Gasteiger partial charge is 0.366 e. The fraction of sp³-hybridized carbons (Fsp3) is 0. The van der Waals surface area contributed by atoms with E-state index in [-0.39, 0.29) is 5.12 Å². The van der Waals surface area contributed by atoms with Crippen molar-refractivity contribution >= 4 is 5.96 Å². The summed E-state index contributed by atoms with van der Waals surface area (Å²) in [6, 6.07) is 0. The van der Waals surface area contributed by atoms with E-state index in [4.69, 9.17) is 22.0 Å². The maximum absolute atomic E-state index is 9.82. The summed E-state index contributed by atoms with van der Waals surface area (Å²) in [6.45, 7) is 0. The third-order valence-corrected chi connectivity index (χ3v) is 0.738. The molecule has 0 aromatic rings. The number of nitriles is 1. The molecule has 0 rings (SSSR count). The quantitative estimate of drug-likeness (QED) is 0.106. The van der Waals surface area contributed by atoms with Gasteiger partial charge in [-0.15, -0.1) is 10.1 Å². The molecule has 12 heavy (non-hydrogen) atoms. The van der Waals surface area contributed by atoms with Crippen molar-refractivity contribution in [3.05, 3.63) is 10.1 Å². The molecule has 0 aromatic heterocycles. The maximum atomic E-state index is 9.82. The molecule has 0 heterocycles. The minimum atomic E-state index is -1.26. The van der Waals surface area contributed by atoms with Crippen molar-refractivity contribution in [3.63, 3.8) is 0 Å². The average Bonchev–Trinajstić information content (AvgIpc) is 2.02. The molecule has 0 radical (unpaired) electrons. The topological polar surface area (TPSA) is 158 Å². The zero-order valence-corrected chi connectivity index (χ0v) is 5.65. The van der Waals surface area contributed by atoms with Gasteiger partial charge in [-0.05, 0) is 0 Å². The Morgan fingerprint density at radius 2 is 2.33 bits per heavy atom. The van der Waals surface area contributed by atoms with E-state index in [1.54, 1.807) is 0 Å². The lowest BCUT2D eigenvalue weighted by Gasteiger charge is -2.15. The van der Waals surface area contributed by atoms with Crippen molar-refractivity contribution in [2.24, 2.45) is 16.6 Å². The van der Waals surface area contributed by atoms with Gasteiger partial charge in [0.15, 0.2) is 0 Å². The van der Waals surface area contributed by atoms with E-state index in [1.807, 2.05) is 0 Å². The lowest BCUT2D eigenvalue weighted by molar-refractivity contribution is -0.768. The van der Waals surface area contributed by atoms with Crippen LogP contribution in [-0.4, -0.2) is 26.6 Å². The SMILES string of the molecule is N#CN=C(N)N(N)N(O)[N+](=O)[O-]. The van der Waals surface area contributed by atoms with Crippen LogP contribution >= 0.6 is 0 Å². The minimum Gasteiger partial charge on any atom is -0.366 e. The standard InChI is InChI=1S/C2H5N7O3/c3-1-6-2(4)7(5)8(10)9(11)12/h10H,5H2,(H2,4,6). The van der Waals surface area contributed by atoms with Crippen molar-refractivity contribution in [2.75, 3.05) is 0 Å². The van der Waals surface area contributed by atoms with Crippen molar-refractivity contribution in [1.82, 2.24) is 10.4 Å². The highest BCUT2D eigenvalue weighted by molar-refractivity contribution is 5.77. The van der Waals surface area contributed by atoms with E-state index in [9.17, 15) is 10.1 Å². The van der Waals surface area contributed by atoms with E-state index in [2.05, 4.69) is 4.99 Å². The molecule has 0 saturated heterocycles. The van der Waals surface area contributed by atoms with Gasteiger partial charge in [-0.2, -0.15) is 5.26 Å². The fourth-order valence-corrected chi connectivity index (χ4v) is 0.273. The Labute approximate surface area is 65.9 Å². The highest BCUT2D eigenvalue weighted by atomic mass is 16.8. The summed E-state index contributed by atoms with van der Waals surface area (Å²) in [5, 5.41) is 24.3. The van der Waals surface area contributed by atoms with Crippen LogP contribution in [0.15, 0.2) is 4.99 Å². The first kappa shape index (κ1) is 9.88. The number of guanidine groups is 1. The molecule has 0 aliphatic rings. The molecule has 10 nitrogen and oxygen atoms in total. The average molecular weight is 175 g/mol. The first-order chi connectivity index (χ1) is 5.50. The van der Waals surface area contributed by atoms with Gasteiger partial charge in [0, 0.05) is 0 Å². The Kier molecular flexibility index (Phi) is 3.22. The number of nitrogens with two attached hydrogens (primary N) is 2. The number of hydrogen-bond acceptors (Lipinski definition) is 6. The van der Waals surface area contributed by atoms with Crippen LogP contribution in [0.2, 0.25) is 0 Å². The van der Waals surface area contributed by atoms with Crippen LogP contribution in [0.1, 0.15) is 0 Å². The van der Waals surface area contributed by atoms with Crippen LogP contribution in [0, 0.1) is 21.6 Å². The van der Waals surface area contributed by atoms with Crippen LogP contribution in [0.25, 0.3) is 0 Å². The van der Waals surface area contributed by atoms with E-state index in [0.717, 1.165) is 0 Å². The molecular formula is C2H5N7O3. The Balaban J connectivity index is 4.41. The van der Waals surface area contributed by atoms with Crippen molar-refractivity contribution < 1.29 is 10.2 Å². The van der Waals surface area contributed by atoms with Crippen molar-refractivity contribution in [3.8, 4) is 6.19 Å². The van der Waals surface area contributed by atoms with Crippen LogP contribution in [0.3, 0.4) is 0 Å². The smallest absolute Gasteiger partial charge is 0.248 e. The molecule has 0 amide bonds. The van der Waals surface area contributed by atoms with Crippen molar-refractivity contribution in [2.45, 2.75) is 0 Å². The summed E-state index contributed by atoms with van der Waals surface area (Å²) in [4.78, 5) is 12.6. The lowest BCUT2D eigenvalue weighted by atomic mass is 11.0. The van der Waals surface area contributed by atoms with E-state index < -0.39 is 16.3 Å². The molecule has 0 aromatic carbocycles. The Morgan fingerprint density at radius 1 is 1.83 bits per heavy atom. The molecule has 66 valence electrons. The number of rotatable bonds is 2. The predicted molar refractivity (Wildman–Crippen MR) is 33.9 cm³/mol. The second kappa shape index (κ2) is 3.91. The molecule has 0 unspecified atom stereocenters. The molecule has 0 atom stereocenters. The molecule has 10 heteroatoms. The van der Waals surface area contributed by atoms with E-state index >= 15 is 0 Å². The van der Waals surface area contributed by atoms with Gasteiger partial charge in [-0.3, -0.25) is 0 Å². The summed E-state index contributed by atoms with van der Waals surface area (Å²) in [5.41, 5.74) is 4.89. The van der Waals surface area contributed by atoms with E-state index in [0.29, 0.717) is 0 Å². The molecule has 0 saturated carbocycles. The summed E-state index contributed by atoms with van der Waals surface area (Å²) in [7, 11) is 0. The summed E-state index contributed by atoms with van der Waals surface area (Å²) in [5.74, 6) is 4.10. The number of aliphatic imine (C=N–C) groups is 1. The molecule has 0 bridgehead atoms. The van der Waals surface area contributed by atoms with Crippen LogP contribution in [0.4, 0.5) is 0 Å². The Bertz CT molecular complexity index is 242. The summed E-state index contributed by atoms with van der Waals surface area (Å²) in [6.07, 6.45) is 1.22. The van der Waals surface area contributed by atoms with Gasteiger partial charge < -0.3 is 5.73 Å². The zero-order valence-electron chi connectivity index (χ0n) is 5.65. The first-order valence-corrected chi connectivity index (χ1v) is 2.41. The second-order valence-electron chi connectivity index (χ2n) is 1.42. The van der Waals surface area contributed by atoms with Crippen molar-refractivity contribution in [1.29, 1.82) is 5.26 Å². The van der Waals surface area contributed by atoms with Crippen LogP contribution < -0.4 is 11.6 Å². The third-order valence-electron chi connectivity index (χ3n) is 0.738. The van der Waals surface area contributed by atoms with Gasteiger partial charge in [0.1, 0.15) is 5.28 Å². The highest BCUT2D eigenvalue weighted by Crippen LogP contribution is 1.85. The van der Waals surface area contributed by atoms with Gasteiger partial charge in [-0.25, -0.2) is 21.2 Å². The lowest BCUT2D eigenvalue weighted by Crippen LogP contribution is -2.54. The van der Waals surface area contributed by atoms with Gasteiger partial charge in [0.2, 0.25) is 17.2 Å². The number of nitrogens with zero attached hydrogens (tertiary/aromatic N) is 5. The molecule has 0 fully saturated rings. The minimum absolute atomic E-state index is 0.0107.